The number of hydrogen-bond donors (Lipinski definition) is 1. The molecule has 1 fully saturated rings. The number of halogens is 1. The van der Waals surface area contributed by atoms with Gasteiger partial charge in [-0.2, -0.15) is 0 Å². The molecule has 1 aromatic rings. The highest BCUT2D eigenvalue weighted by molar-refractivity contribution is 5.75. The minimum atomic E-state index is -0.426. The number of amides is 1. The van der Waals surface area contributed by atoms with Crippen LogP contribution in [0.4, 0.5) is 10.2 Å². The zero-order chi connectivity index (χ0) is 15.4. The number of hydrogen-bond acceptors (Lipinski definition) is 4. The molecule has 1 aromatic heterocycles. The quantitative estimate of drug-likeness (QED) is 0.915. The molecule has 1 aliphatic rings. The van der Waals surface area contributed by atoms with Gasteiger partial charge < -0.3 is 15.1 Å². The maximum absolute atomic E-state index is 14.0. The summed E-state index contributed by atoms with van der Waals surface area (Å²) in [6, 6.07) is 2.72. The molecule has 1 saturated heterocycles. The van der Waals surface area contributed by atoms with Crippen LogP contribution >= 0.6 is 0 Å². The molecule has 5 nitrogen and oxygen atoms in total. The van der Waals surface area contributed by atoms with E-state index in [1.54, 1.807) is 19.9 Å². The van der Waals surface area contributed by atoms with Gasteiger partial charge in [0.05, 0.1) is 6.04 Å². The van der Waals surface area contributed by atoms with Crippen molar-refractivity contribution in [3.8, 4) is 0 Å². The van der Waals surface area contributed by atoms with E-state index in [0.29, 0.717) is 12.1 Å². The van der Waals surface area contributed by atoms with Gasteiger partial charge in [-0.3, -0.25) is 4.79 Å². The van der Waals surface area contributed by atoms with Gasteiger partial charge in [-0.15, -0.1) is 0 Å². The predicted molar refractivity (Wildman–Crippen MR) is 80.8 cm³/mol. The Morgan fingerprint density at radius 1 is 1.38 bits per heavy atom. The molecule has 0 bridgehead atoms. The summed E-state index contributed by atoms with van der Waals surface area (Å²) < 4.78 is 14.0. The number of pyridine rings is 1. The standard InChI is InChI=1S/C15H23FN4O/c1-4-14(21)17-11(2)15-12(16)5-6-13(18-15)20-9-7-19(3)8-10-20/h5-6,11H,4,7-10H2,1-3H3,(H,17,21)/t11-/m1/s1. The predicted octanol–water partition coefficient (Wildman–Crippen LogP) is 1.56. The molecule has 1 amide bonds. The number of nitrogens with zero attached hydrogens (tertiary/aromatic N) is 3. The molecular weight excluding hydrogens is 271 g/mol. The van der Waals surface area contributed by atoms with Gasteiger partial charge in [0, 0.05) is 32.6 Å². The number of anilines is 1. The second kappa shape index (κ2) is 6.85. The Hall–Kier alpha value is -1.69. The van der Waals surface area contributed by atoms with Crippen LogP contribution in [0.15, 0.2) is 12.1 Å². The number of likely N-dealkylation sites (N-methyl/N-ethyl adjacent to an activating group) is 1. The fourth-order valence-electron chi connectivity index (χ4n) is 2.37. The lowest BCUT2D eigenvalue weighted by Crippen LogP contribution is -2.45. The van der Waals surface area contributed by atoms with E-state index >= 15 is 0 Å². The Balaban J connectivity index is 2.15. The second-order valence-corrected chi connectivity index (χ2v) is 5.47. The summed E-state index contributed by atoms with van der Waals surface area (Å²) in [6.07, 6.45) is 0.379. The van der Waals surface area contributed by atoms with Gasteiger partial charge in [0.2, 0.25) is 5.91 Å². The van der Waals surface area contributed by atoms with Crippen molar-refractivity contribution >= 4 is 11.7 Å². The molecule has 1 atom stereocenters. The Morgan fingerprint density at radius 2 is 2.05 bits per heavy atom. The zero-order valence-corrected chi connectivity index (χ0v) is 12.9. The maximum Gasteiger partial charge on any atom is 0.220 e. The van der Waals surface area contributed by atoms with Crippen molar-refractivity contribution < 1.29 is 9.18 Å². The van der Waals surface area contributed by atoms with Gasteiger partial charge in [0.1, 0.15) is 17.3 Å². The largest absolute Gasteiger partial charge is 0.354 e. The van der Waals surface area contributed by atoms with Gasteiger partial charge >= 0.3 is 0 Å². The molecule has 1 N–H and O–H groups in total. The van der Waals surface area contributed by atoms with Crippen LogP contribution in [-0.2, 0) is 4.79 Å². The molecule has 0 unspecified atom stereocenters. The van der Waals surface area contributed by atoms with Gasteiger partial charge in [0.25, 0.3) is 0 Å². The Morgan fingerprint density at radius 3 is 2.67 bits per heavy atom. The van der Waals surface area contributed by atoms with E-state index in [1.807, 2.05) is 0 Å². The minimum absolute atomic E-state index is 0.103. The van der Waals surface area contributed by atoms with E-state index < -0.39 is 6.04 Å². The smallest absolute Gasteiger partial charge is 0.220 e. The highest BCUT2D eigenvalue weighted by Crippen LogP contribution is 2.20. The average Bonchev–Trinajstić information content (AvgIpc) is 2.48. The van der Waals surface area contributed by atoms with Crippen LogP contribution in [0.1, 0.15) is 32.0 Å². The van der Waals surface area contributed by atoms with E-state index in [4.69, 9.17) is 0 Å². The van der Waals surface area contributed by atoms with Crippen LogP contribution < -0.4 is 10.2 Å². The molecular formula is C15H23FN4O. The molecule has 0 aromatic carbocycles. The fourth-order valence-corrected chi connectivity index (χ4v) is 2.37. The number of aromatic nitrogens is 1. The number of carbonyl (C=O) groups is 1. The summed E-state index contributed by atoms with van der Waals surface area (Å²) in [5, 5.41) is 2.76. The highest BCUT2D eigenvalue weighted by Gasteiger charge is 2.19. The van der Waals surface area contributed by atoms with Crippen LogP contribution in [0.2, 0.25) is 0 Å². The molecule has 0 aliphatic carbocycles. The van der Waals surface area contributed by atoms with Crippen molar-refractivity contribution in [3.05, 3.63) is 23.6 Å². The first-order chi connectivity index (χ1) is 10.0. The van der Waals surface area contributed by atoms with Crippen molar-refractivity contribution in [2.45, 2.75) is 26.3 Å². The minimum Gasteiger partial charge on any atom is -0.354 e. The summed E-state index contributed by atoms with van der Waals surface area (Å²) in [5.41, 5.74) is 0.299. The third kappa shape index (κ3) is 3.91. The van der Waals surface area contributed by atoms with Gasteiger partial charge in [-0.05, 0) is 26.1 Å². The van der Waals surface area contributed by atoms with Crippen LogP contribution in [-0.4, -0.2) is 49.0 Å². The van der Waals surface area contributed by atoms with Crippen molar-refractivity contribution in [1.82, 2.24) is 15.2 Å². The van der Waals surface area contributed by atoms with Crippen molar-refractivity contribution in [2.75, 3.05) is 38.1 Å². The second-order valence-electron chi connectivity index (χ2n) is 5.47. The Kier molecular flexibility index (Phi) is 5.12. The fraction of sp³-hybridized carbons (Fsp3) is 0.600. The maximum atomic E-state index is 14.0. The first-order valence-corrected chi connectivity index (χ1v) is 7.40. The molecule has 2 rings (SSSR count). The van der Waals surface area contributed by atoms with Crippen molar-refractivity contribution in [3.63, 3.8) is 0 Å². The average molecular weight is 294 g/mol. The summed E-state index contributed by atoms with van der Waals surface area (Å²) in [7, 11) is 2.09. The van der Waals surface area contributed by atoms with Crippen LogP contribution in [0, 0.1) is 5.82 Å². The third-order valence-electron chi connectivity index (χ3n) is 3.79. The van der Waals surface area contributed by atoms with E-state index in [-0.39, 0.29) is 11.7 Å². The third-order valence-corrected chi connectivity index (χ3v) is 3.79. The SMILES string of the molecule is CCC(=O)N[C@H](C)c1nc(N2CCN(C)CC2)ccc1F. The number of nitrogens with one attached hydrogen (secondary N) is 1. The van der Waals surface area contributed by atoms with Crippen molar-refractivity contribution in [2.24, 2.45) is 0 Å². The molecule has 21 heavy (non-hydrogen) atoms. The van der Waals surface area contributed by atoms with E-state index in [0.717, 1.165) is 32.0 Å². The van der Waals surface area contributed by atoms with Gasteiger partial charge in [-0.25, -0.2) is 9.37 Å². The summed E-state index contributed by atoms with van der Waals surface area (Å²) in [4.78, 5) is 20.3. The lowest BCUT2D eigenvalue weighted by atomic mass is 10.2. The van der Waals surface area contributed by atoms with Crippen LogP contribution in [0.25, 0.3) is 0 Å². The summed E-state index contributed by atoms with van der Waals surface area (Å²) >= 11 is 0. The molecule has 2 heterocycles. The lowest BCUT2D eigenvalue weighted by Gasteiger charge is -2.33. The van der Waals surface area contributed by atoms with E-state index in [9.17, 15) is 9.18 Å². The normalized spacial score (nSPS) is 17.6. The molecule has 6 heteroatoms. The number of piperazine rings is 1. The zero-order valence-electron chi connectivity index (χ0n) is 12.9. The van der Waals surface area contributed by atoms with E-state index in [2.05, 4.69) is 27.1 Å². The summed E-state index contributed by atoms with van der Waals surface area (Å²) in [6.45, 7) is 7.22. The lowest BCUT2D eigenvalue weighted by molar-refractivity contribution is -0.121. The number of rotatable bonds is 4. The monoisotopic (exact) mass is 294 g/mol. The molecule has 0 radical (unpaired) electrons. The van der Waals surface area contributed by atoms with Crippen molar-refractivity contribution in [1.29, 1.82) is 0 Å². The van der Waals surface area contributed by atoms with E-state index in [1.165, 1.54) is 6.07 Å². The van der Waals surface area contributed by atoms with Gasteiger partial charge in [-0.1, -0.05) is 6.92 Å². The Labute approximate surface area is 125 Å². The Bertz CT molecular complexity index is 500. The molecule has 0 saturated carbocycles. The molecule has 0 spiro atoms. The number of carbonyl (C=O) groups excluding carboxylic acids is 1. The first-order valence-electron chi connectivity index (χ1n) is 7.40. The summed E-state index contributed by atoms with van der Waals surface area (Å²) in [5.74, 6) is 0.294. The molecule has 1 aliphatic heterocycles. The van der Waals surface area contributed by atoms with Crippen LogP contribution in [0.5, 0.6) is 0 Å². The van der Waals surface area contributed by atoms with Gasteiger partial charge in [0.15, 0.2) is 0 Å². The molecule has 116 valence electrons. The first kappa shape index (κ1) is 15.7. The highest BCUT2D eigenvalue weighted by atomic mass is 19.1. The topological polar surface area (TPSA) is 48.5 Å². The van der Waals surface area contributed by atoms with Crippen LogP contribution in [0.3, 0.4) is 0 Å².